The first-order valence-electron chi connectivity index (χ1n) is 15.1. The second-order valence-electron chi connectivity index (χ2n) is 12.9. The van der Waals surface area contributed by atoms with Gasteiger partial charge in [-0.15, -0.1) is 0 Å². The zero-order valence-corrected chi connectivity index (χ0v) is 24.8. The number of nitrogens with zero attached hydrogens (tertiary/aromatic N) is 1. The summed E-state index contributed by atoms with van der Waals surface area (Å²) in [5, 5.41) is 3.16. The number of anilines is 1. The van der Waals surface area contributed by atoms with Crippen LogP contribution in [-0.2, 0) is 14.9 Å². The SMILES string of the molecule is Cc1cccc(F)c1C(=O)N1CCC[C@H](C(=O)Nc2cccc(C(C)(C)C)c2)[C@@H]1C1C=CC(OC2CCCC2)=CC1. The van der Waals surface area contributed by atoms with E-state index < -0.39 is 17.8 Å². The zero-order chi connectivity index (χ0) is 29.1. The second-order valence-corrected chi connectivity index (χ2v) is 12.9. The molecule has 3 aliphatic rings. The third-order valence-electron chi connectivity index (χ3n) is 8.86. The number of amides is 2. The molecule has 1 saturated carbocycles. The topological polar surface area (TPSA) is 58.6 Å². The van der Waals surface area contributed by atoms with E-state index in [2.05, 4.69) is 44.3 Å². The summed E-state index contributed by atoms with van der Waals surface area (Å²) in [5.74, 6) is -0.618. The summed E-state index contributed by atoms with van der Waals surface area (Å²) in [6, 6.07) is 12.3. The molecule has 0 aromatic heterocycles. The van der Waals surface area contributed by atoms with Crippen molar-refractivity contribution in [2.24, 2.45) is 11.8 Å². The van der Waals surface area contributed by atoms with Gasteiger partial charge in [-0.2, -0.15) is 0 Å². The molecule has 0 radical (unpaired) electrons. The molecule has 2 amide bonds. The Morgan fingerprint density at radius 2 is 1.78 bits per heavy atom. The lowest BCUT2D eigenvalue weighted by atomic mass is 9.77. The van der Waals surface area contributed by atoms with E-state index in [1.807, 2.05) is 24.3 Å². The van der Waals surface area contributed by atoms with Crippen molar-refractivity contribution in [1.29, 1.82) is 0 Å². The Morgan fingerprint density at radius 1 is 1.02 bits per heavy atom. The molecule has 41 heavy (non-hydrogen) atoms. The first kappa shape index (κ1) is 29.1. The van der Waals surface area contributed by atoms with Gasteiger partial charge in [0, 0.05) is 18.2 Å². The minimum Gasteiger partial charge on any atom is -0.491 e. The number of hydrogen-bond donors (Lipinski definition) is 1. The van der Waals surface area contributed by atoms with Crippen molar-refractivity contribution >= 4 is 17.5 Å². The van der Waals surface area contributed by atoms with Gasteiger partial charge in [-0.05, 0) is 98.8 Å². The van der Waals surface area contributed by atoms with Crippen LogP contribution >= 0.6 is 0 Å². The molecule has 2 aromatic rings. The predicted octanol–water partition coefficient (Wildman–Crippen LogP) is 7.71. The van der Waals surface area contributed by atoms with E-state index in [0.29, 0.717) is 31.4 Å². The van der Waals surface area contributed by atoms with Gasteiger partial charge in [-0.25, -0.2) is 4.39 Å². The lowest BCUT2D eigenvalue weighted by Crippen LogP contribution is -2.55. The quantitative estimate of drug-likeness (QED) is 0.395. The lowest BCUT2D eigenvalue weighted by Gasteiger charge is -2.44. The molecule has 3 atom stereocenters. The Morgan fingerprint density at radius 3 is 2.46 bits per heavy atom. The number of carbonyl (C=O) groups excluding carboxylic acids is 2. The summed E-state index contributed by atoms with van der Waals surface area (Å²) in [6.07, 6.45) is 13.0. The number of likely N-dealkylation sites (tertiary alicyclic amines) is 1. The molecule has 1 heterocycles. The summed E-state index contributed by atoms with van der Waals surface area (Å²) in [7, 11) is 0. The highest BCUT2D eigenvalue weighted by atomic mass is 19.1. The fraction of sp³-hybridized carbons (Fsp3) is 0.486. The van der Waals surface area contributed by atoms with E-state index in [0.717, 1.165) is 29.9 Å². The van der Waals surface area contributed by atoms with Crippen LogP contribution in [0, 0.1) is 24.6 Å². The van der Waals surface area contributed by atoms with Gasteiger partial charge in [0.15, 0.2) is 0 Å². The van der Waals surface area contributed by atoms with Crippen molar-refractivity contribution in [3.63, 3.8) is 0 Å². The average molecular weight is 559 g/mol. The van der Waals surface area contributed by atoms with Crippen LogP contribution in [0.1, 0.15) is 87.2 Å². The molecule has 0 bridgehead atoms. The maximum absolute atomic E-state index is 15.0. The Kier molecular flexibility index (Phi) is 8.67. The molecule has 2 aromatic carbocycles. The largest absolute Gasteiger partial charge is 0.491 e. The smallest absolute Gasteiger partial charge is 0.257 e. The first-order chi connectivity index (χ1) is 19.6. The van der Waals surface area contributed by atoms with Crippen molar-refractivity contribution in [3.8, 4) is 0 Å². The molecule has 1 N–H and O–H groups in total. The van der Waals surface area contributed by atoms with E-state index in [1.54, 1.807) is 24.0 Å². The molecule has 1 saturated heterocycles. The molecule has 5 nitrogen and oxygen atoms in total. The molecule has 2 aliphatic carbocycles. The van der Waals surface area contributed by atoms with E-state index in [4.69, 9.17) is 4.74 Å². The molecule has 5 rings (SSSR count). The number of halogens is 1. The number of benzene rings is 2. The fourth-order valence-corrected chi connectivity index (χ4v) is 6.57. The van der Waals surface area contributed by atoms with Crippen LogP contribution in [0.5, 0.6) is 0 Å². The number of ether oxygens (including phenoxy) is 1. The Balaban J connectivity index is 1.42. The van der Waals surface area contributed by atoms with Crippen molar-refractivity contribution in [2.75, 3.05) is 11.9 Å². The van der Waals surface area contributed by atoms with Crippen molar-refractivity contribution in [1.82, 2.24) is 4.90 Å². The Hall–Kier alpha value is -3.41. The minimum absolute atomic E-state index is 0.0492. The molecule has 218 valence electrons. The molecule has 1 aliphatic heterocycles. The molecule has 6 heteroatoms. The van der Waals surface area contributed by atoms with Gasteiger partial charge in [0.1, 0.15) is 11.6 Å². The van der Waals surface area contributed by atoms with Crippen molar-refractivity contribution in [2.45, 2.75) is 90.2 Å². The van der Waals surface area contributed by atoms with Crippen LogP contribution in [0.2, 0.25) is 0 Å². The number of carbonyl (C=O) groups is 2. The van der Waals surface area contributed by atoms with Crippen LogP contribution < -0.4 is 5.32 Å². The Bertz CT molecular complexity index is 1310. The van der Waals surface area contributed by atoms with Gasteiger partial charge in [0.2, 0.25) is 5.91 Å². The summed E-state index contributed by atoms with van der Waals surface area (Å²) >= 11 is 0. The maximum atomic E-state index is 15.0. The average Bonchev–Trinajstić information content (AvgIpc) is 3.46. The normalized spacial score (nSPS) is 23.3. The van der Waals surface area contributed by atoms with Crippen LogP contribution in [0.3, 0.4) is 0 Å². The van der Waals surface area contributed by atoms with E-state index in [1.165, 1.54) is 18.9 Å². The minimum atomic E-state index is -0.523. The summed E-state index contributed by atoms with van der Waals surface area (Å²) in [4.78, 5) is 29.6. The second kappa shape index (κ2) is 12.2. The third-order valence-corrected chi connectivity index (χ3v) is 8.86. The van der Waals surface area contributed by atoms with Gasteiger partial charge >= 0.3 is 0 Å². The molecule has 2 fully saturated rings. The number of nitrogens with one attached hydrogen (secondary N) is 1. The lowest BCUT2D eigenvalue weighted by molar-refractivity contribution is -0.123. The standard InChI is InChI=1S/C35H43FN2O3/c1-23-10-7-16-30(36)31(23)34(40)38-21-9-15-29(33(39)37-26-12-8-11-25(22-26)35(2,3)4)32(38)24-17-19-28(20-18-24)41-27-13-5-6-14-27/h7-8,10-12,16-17,19-20,22,24,27,29,32H,5-6,9,13-15,18,21H2,1-4H3,(H,37,39)/t24?,29-,32-/m0/s1. The number of piperidine rings is 1. The number of rotatable bonds is 6. The molecule has 0 spiro atoms. The van der Waals surface area contributed by atoms with E-state index in [-0.39, 0.29) is 34.8 Å². The van der Waals surface area contributed by atoms with E-state index in [9.17, 15) is 14.0 Å². The monoisotopic (exact) mass is 558 g/mol. The molecule has 1 unspecified atom stereocenters. The van der Waals surface area contributed by atoms with Crippen LogP contribution in [0.4, 0.5) is 10.1 Å². The first-order valence-corrected chi connectivity index (χ1v) is 15.1. The van der Waals surface area contributed by atoms with Crippen LogP contribution in [0.15, 0.2) is 66.5 Å². The fourth-order valence-electron chi connectivity index (χ4n) is 6.57. The number of hydrogen-bond acceptors (Lipinski definition) is 3. The highest BCUT2D eigenvalue weighted by molar-refractivity contribution is 5.98. The van der Waals surface area contributed by atoms with Gasteiger partial charge in [-0.3, -0.25) is 9.59 Å². The van der Waals surface area contributed by atoms with Gasteiger partial charge in [-0.1, -0.05) is 51.1 Å². The number of aryl methyl sites for hydroxylation is 1. The molecular weight excluding hydrogens is 515 g/mol. The number of allylic oxidation sites excluding steroid dienone is 2. The highest BCUT2D eigenvalue weighted by Gasteiger charge is 2.43. The van der Waals surface area contributed by atoms with Gasteiger partial charge in [0.25, 0.3) is 5.91 Å². The van der Waals surface area contributed by atoms with Gasteiger partial charge < -0.3 is 15.0 Å². The Labute approximate surface area is 243 Å². The van der Waals surface area contributed by atoms with Crippen LogP contribution in [-0.4, -0.2) is 35.4 Å². The highest BCUT2D eigenvalue weighted by Crippen LogP contribution is 2.37. The van der Waals surface area contributed by atoms with Crippen molar-refractivity contribution < 1.29 is 18.7 Å². The molecular formula is C35H43FN2O3. The maximum Gasteiger partial charge on any atom is 0.257 e. The third kappa shape index (κ3) is 6.58. The summed E-state index contributed by atoms with van der Waals surface area (Å²) in [6.45, 7) is 8.68. The zero-order valence-electron chi connectivity index (χ0n) is 24.8. The predicted molar refractivity (Wildman–Crippen MR) is 161 cm³/mol. The van der Waals surface area contributed by atoms with E-state index >= 15 is 0 Å². The van der Waals surface area contributed by atoms with Crippen LogP contribution in [0.25, 0.3) is 0 Å². The summed E-state index contributed by atoms with van der Waals surface area (Å²) in [5.41, 5.74) is 2.54. The van der Waals surface area contributed by atoms with Gasteiger partial charge in [0.05, 0.1) is 23.6 Å². The summed E-state index contributed by atoms with van der Waals surface area (Å²) < 4.78 is 21.2. The van der Waals surface area contributed by atoms with Crippen molar-refractivity contribution in [3.05, 3.63) is 89.0 Å².